The molecule has 0 fully saturated rings. The Bertz CT molecular complexity index is 302. The first-order chi connectivity index (χ1) is 6.59. The average molecular weight is 198 g/mol. The standard InChI is InChI=1S/C9H10O5/c10-8(11)5-14-7-3-1-2-6(4-7)9(12)13/h1-3,7H,4-5H2,(H,10,11)(H,12,13). The molecule has 1 atom stereocenters. The summed E-state index contributed by atoms with van der Waals surface area (Å²) in [7, 11) is 0. The van der Waals surface area contributed by atoms with Gasteiger partial charge < -0.3 is 14.9 Å². The molecule has 1 aliphatic carbocycles. The van der Waals surface area contributed by atoms with Gasteiger partial charge in [0, 0.05) is 12.0 Å². The monoisotopic (exact) mass is 198 g/mol. The van der Waals surface area contributed by atoms with Crippen molar-refractivity contribution in [3.8, 4) is 0 Å². The molecule has 0 heterocycles. The average Bonchev–Trinajstić information content (AvgIpc) is 2.15. The summed E-state index contributed by atoms with van der Waals surface area (Å²) < 4.78 is 4.93. The van der Waals surface area contributed by atoms with Crippen LogP contribution in [-0.4, -0.2) is 34.9 Å². The molecule has 0 radical (unpaired) electrons. The fraction of sp³-hybridized carbons (Fsp3) is 0.333. The Labute approximate surface area is 80.3 Å². The molecule has 0 saturated heterocycles. The highest BCUT2D eigenvalue weighted by Gasteiger charge is 2.17. The lowest BCUT2D eigenvalue weighted by molar-refractivity contribution is -0.143. The number of allylic oxidation sites excluding steroid dienone is 2. The number of rotatable bonds is 4. The molecule has 76 valence electrons. The van der Waals surface area contributed by atoms with Crippen LogP contribution in [0.25, 0.3) is 0 Å². The second kappa shape index (κ2) is 4.57. The topological polar surface area (TPSA) is 83.8 Å². The van der Waals surface area contributed by atoms with Crippen LogP contribution in [0.4, 0.5) is 0 Å². The Morgan fingerprint density at radius 3 is 2.79 bits per heavy atom. The van der Waals surface area contributed by atoms with Gasteiger partial charge >= 0.3 is 11.9 Å². The fourth-order valence-electron chi connectivity index (χ4n) is 1.10. The van der Waals surface area contributed by atoms with Gasteiger partial charge in [0.25, 0.3) is 0 Å². The third kappa shape index (κ3) is 3.02. The molecular weight excluding hydrogens is 188 g/mol. The largest absolute Gasteiger partial charge is 0.480 e. The summed E-state index contributed by atoms with van der Waals surface area (Å²) in [5.41, 5.74) is 0.225. The quantitative estimate of drug-likeness (QED) is 0.684. The summed E-state index contributed by atoms with van der Waals surface area (Å²) in [6.07, 6.45) is 4.42. The van der Waals surface area contributed by atoms with Gasteiger partial charge in [0.15, 0.2) is 0 Å². The normalized spacial score (nSPS) is 20.3. The van der Waals surface area contributed by atoms with E-state index in [0.29, 0.717) is 0 Å². The van der Waals surface area contributed by atoms with Crippen LogP contribution in [0.5, 0.6) is 0 Å². The van der Waals surface area contributed by atoms with Crippen LogP contribution in [0.1, 0.15) is 6.42 Å². The van der Waals surface area contributed by atoms with Crippen molar-refractivity contribution in [1.82, 2.24) is 0 Å². The van der Waals surface area contributed by atoms with Gasteiger partial charge in [0.2, 0.25) is 0 Å². The van der Waals surface area contributed by atoms with E-state index in [4.69, 9.17) is 14.9 Å². The summed E-state index contributed by atoms with van der Waals surface area (Å²) in [6, 6.07) is 0. The smallest absolute Gasteiger partial charge is 0.331 e. The molecule has 2 N–H and O–H groups in total. The van der Waals surface area contributed by atoms with Crippen LogP contribution >= 0.6 is 0 Å². The molecule has 0 aromatic carbocycles. The number of hydrogen-bond donors (Lipinski definition) is 2. The summed E-state index contributed by atoms with van der Waals surface area (Å²) in [5.74, 6) is -2.07. The second-order valence-electron chi connectivity index (χ2n) is 2.83. The van der Waals surface area contributed by atoms with Gasteiger partial charge in [-0.05, 0) is 0 Å². The zero-order valence-electron chi connectivity index (χ0n) is 7.34. The van der Waals surface area contributed by atoms with Gasteiger partial charge in [-0.3, -0.25) is 0 Å². The van der Waals surface area contributed by atoms with Gasteiger partial charge in [0.05, 0.1) is 6.10 Å². The van der Waals surface area contributed by atoms with Crippen LogP contribution in [0.2, 0.25) is 0 Å². The van der Waals surface area contributed by atoms with Crippen LogP contribution in [0.15, 0.2) is 23.8 Å². The SMILES string of the molecule is O=C(O)COC1C=CC=C(C(=O)O)C1. The molecular formula is C9H10O5. The van der Waals surface area contributed by atoms with Crippen LogP contribution < -0.4 is 0 Å². The van der Waals surface area contributed by atoms with Crippen LogP contribution in [0.3, 0.4) is 0 Å². The van der Waals surface area contributed by atoms with Crippen molar-refractivity contribution in [2.75, 3.05) is 6.61 Å². The Balaban J connectivity index is 2.46. The highest BCUT2D eigenvalue weighted by atomic mass is 16.5. The van der Waals surface area contributed by atoms with E-state index in [1.165, 1.54) is 6.08 Å². The van der Waals surface area contributed by atoms with Gasteiger partial charge in [-0.1, -0.05) is 18.2 Å². The number of ether oxygens (including phenoxy) is 1. The molecule has 5 heteroatoms. The maximum atomic E-state index is 10.6. The molecule has 14 heavy (non-hydrogen) atoms. The summed E-state index contributed by atoms with van der Waals surface area (Å²) in [5, 5.41) is 17.0. The molecule has 0 spiro atoms. The van der Waals surface area contributed by atoms with Crippen molar-refractivity contribution in [2.24, 2.45) is 0 Å². The summed E-state index contributed by atoms with van der Waals surface area (Å²) in [6.45, 7) is -0.415. The van der Waals surface area contributed by atoms with E-state index < -0.39 is 24.6 Å². The van der Waals surface area contributed by atoms with Crippen molar-refractivity contribution >= 4 is 11.9 Å². The van der Waals surface area contributed by atoms with E-state index in [-0.39, 0.29) is 12.0 Å². The number of aliphatic carboxylic acids is 2. The van der Waals surface area contributed by atoms with E-state index in [0.717, 1.165) is 0 Å². The Kier molecular flexibility index (Phi) is 3.41. The lowest BCUT2D eigenvalue weighted by Gasteiger charge is -2.15. The van der Waals surface area contributed by atoms with E-state index in [9.17, 15) is 9.59 Å². The first kappa shape index (κ1) is 10.5. The third-order valence-corrected chi connectivity index (χ3v) is 1.74. The van der Waals surface area contributed by atoms with Crippen molar-refractivity contribution < 1.29 is 24.5 Å². The highest BCUT2D eigenvalue weighted by Crippen LogP contribution is 2.15. The molecule has 0 amide bonds. The number of carboxylic acids is 2. The number of hydrogen-bond acceptors (Lipinski definition) is 3. The first-order valence-electron chi connectivity index (χ1n) is 4.03. The highest BCUT2D eigenvalue weighted by molar-refractivity contribution is 5.87. The molecule has 1 aliphatic rings. The molecule has 0 aliphatic heterocycles. The van der Waals surface area contributed by atoms with E-state index in [1.54, 1.807) is 12.2 Å². The van der Waals surface area contributed by atoms with E-state index in [1.807, 2.05) is 0 Å². The second-order valence-corrected chi connectivity index (χ2v) is 2.83. The number of carbonyl (C=O) groups is 2. The lowest BCUT2D eigenvalue weighted by atomic mass is 10.0. The van der Waals surface area contributed by atoms with Crippen molar-refractivity contribution in [1.29, 1.82) is 0 Å². The zero-order valence-corrected chi connectivity index (χ0v) is 7.34. The minimum Gasteiger partial charge on any atom is -0.480 e. The molecule has 0 bridgehead atoms. The third-order valence-electron chi connectivity index (χ3n) is 1.74. The first-order valence-corrected chi connectivity index (χ1v) is 4.03. The molecule has 0 saturated carbocycles. The Morgan fingerprint density at radius 1 is 1.50 bits per heavy atom. The van der Waals surface area contributed by atoms with Crippen LogP contribution in [0, 0.1) is 0 Å². The van der Waals surface area contributed by atoms with Gasteiger partial charge in [-0.2, -0.15) is 0 Å². The van der Waals surface area contributed by atoms with E-state index in [2.05, 4.69) is 0 Å². The van der Waals surface area contributed by atoms with Gasteiger partial charge in [-0.25, -0.2) is 9.59 Å². The predicted octanol–water partition coefficient (Wildman–Crippen LogP) is 0.427. The minimum absolute atomic E-state index is 0.207. The van der Waals surface area contributed by atoms with Crippen molar-refractivity contribution in [3.05, 3.63) is 23.8 Å². The molecule has 0 aromatic heterocycles. The van der Waals surface area contributed by atoms with Crippen LogP contribution in [-0.2, 0) is 14.3 Å². The van der Waals surface area contributed by atoms with E-state index >= 15 is 0 Å². The maximum absolute atomic E-state index is 10.6. The van der Waals surface area contributed by atoms with Crippen molar-refractivity contribution in [3.63, 3.8) is 0 Å². The number of carboxylic acid groups (broad SMARTS) is 2. The summed E-state index contributed by atoms with van der Waals surface area (Å²) >= 11 is 0. The van der Waals surface area contributed by atoms with Gasteiger partial charge in [0.1, 0.15) is 6.61 Å². The minimum atomic E-state index is -1.06. The zero-order chi connectivity index (χ0) is 10.6. The molecule has 5 nitrogen and oxygen atoms in total. The Morgan fingerprint density at radius 2 is 2.21 bits per heavy atom. The Hall–Kier alpha value is -1.62. The predicted molar refractivity (Wildman–Crippen MR) is 46.9 cm³/mol. The molecule has 0 aromatic rings. The fourth-order valence-corrected chi connectivity index (χ4v) is 1.10. The van der Waals surface area contributed by atoms with Crippen molar-refractivity contribution in [2.45, 2.75) is 12.5 Å². The molecule has 1 unspecified atom stereocenters. The summed E-state index contributed by atoms with van der Waals surface area (Å²) in [4.78, 5) is 20.7. The van der Waals surface area contributed by atoms with Gasteiger partial charge in [-0.15, -0.1) is 0 Å². The lowest BCUT2D eigenvalue weighted by Crippen LogP contribution is -2.20. The maximum Gasteiger partial charge on any atom is 0.331 e. The molecule has 1 rings (SSSR count).